The van der Waals surface area contributed by atoms with Crippen LogP contribution in [0, 0.1) is 0 Å². The highest BCUT2D eigenvalue weighted by Crippen LogP contribution is 2.26. The Kier molecular flexibility index (Phi) is 2.83. The van der Waals surface area contributed by atoms with Crippen molar-refractivity contribution in [3.63, 3.8) is 0 Å². The van der Waals surface area contributed by atoms with Gasteiger partial charge in [-0.2, -0.15) is 0 Å². The molecule has 0 bridgehead atoms. The predicted molar refractivity (Wildman–Crippen MR) is 49.4 cm³/mol. The van der Waals surface area contributed by atoms with Gasteiger partial charge >= 0.3 is 0 Å². The van der Waals surface area contributed by atoms with Crippen molar-refractivity contribution in [3.05, 3.63) is 0 Å². The first-order valence-electron chi connectivity index (χ1n) is 5.01. The molecule has 0 aromatic rings. The Morgan fingerprint density at radius 3 is 2.85 bits per heavy atom. The molecule has 1 atom stereocenters. The van der Waals surface area contributed by atoms with Crippen LogP contribution < -0.4 is 5.73 Å². The molecule has 1 saturated carbocycles. The third kappa shape index (κ3) is 1.86. The highest BCUT2D eigenvalue weighted by molar-refractivity contribution is 4.93. The lowest BCUT2D eigenvalue weighted by Crippen LogP contribution is -2.58. The molecule has 2 rings (SSSR count). The van der Waals surface area contributed by atoms with Gasteiger partial charge < -0.3 is 15.6 Å². The van der Waals surface area contributed by atoms with Gasteiger partial charge in [0, 0.05) is 18.6 Å². The average molecular weight is 186 g/mol. The highest BCUT2D eigenvalue weighted by atomic mass is 16.5. The van der Waals surface area contributed by atoms with E-state index in [1.165, 1.54) is 0 Å². The molecular weight excluding hydrogens is 168 g/mol. The van der Waals surface area contributed by atoms with E-state index < -0.39 is 0 Å². The van der Waals surface area contributed by atoms with Gasteiger partial charge in [0.1, 0.15) is 0 Å². The number of nitrogens with two attached hydrogens (primary N) is 1. The van der Waals surface area contributed by atoms with Crippen molar-refractivity contribution in [2.45, 2.75) is 31.0 Å². The van der Waals surface area contributed by atoms with Gasteiger partial charge in [-0.1, -0.05) is 0 Å². The first-order valence-corrected chi connectivity index (χ1v) is 5.01. The van der Waals surface area contributed by atoms with Crippen molar-refractivity contribution >= 4 is 0 Å². The van der Waals surface area contributed by atoms with Crippen molar-refractivity contribution in [3.8, 4) is 0 Å². The van der Waals surface area contributed by atoms with Crippen LogP contribution in [-0.2, 0) is 4.74 Å². The van der Waals surface area contributed by atoms with E-state index in [1.54, 1.807) is 0 Å². The van der Waals surface area contributed by atoms with Crippen LogP contribution in [0.5, 0.6) is 0 Å². The lowest BCUT2D eigenvalue weighted by Gasteiger charge is -2.46. The standard InChI is InChI=1S/C9H18N2O2/c10-7-3-8(4-7)11-1-2-13-6-9(11)5-12/h7-9,12H,1-6,10H2. The molecule has 0 amide bonds. The average Bonchev–Trinajstić information content (AvgIpc) is 2.13. The summed E-state index contributed by atoms with van der Waals surface area (Å²) in [5.41, 5.74) is 5.74. The van der Waals surface area contributed by atoms with Crippen molar-refractivity contribution in [1.82, 2.24) is 4.90 Å². The van der Waals surface area contributed by atoms with E-state index in [9.17, 15) is 0 Å². The van der Waals surface area contributed by atoms with Crippen molar-refractivity contribution in [2.75, 3.05) is 26.4 Å². The smallest absolute Gasteiger partial charge is 0.0644 e. The maximum absolute atomic E-state index is 9.14. The van der Waals surface area contributed by atoms with Crippen LogP contribution in [0.3, 0.4) is 0 Å². The number of nitrogens with zero attached hydrogens (tertiary/aromatic N) is 1. The number of rotatable bonds is 2. The van der Waals surface area contributed by atoms with Gasteiger partial charge in [0.15, 0.2) is 0 Å². The lowest BCUT2D eigenvalue weighted by atomic mass is 9.85. The summed E-state index contributed by atoms with van der Waals surface area (Å²) in [5.74, 6) is 0. The first kappa shape index (κ1) is 9.40. The van der Waals surface area contributed by atoms with Gasteiger partial charge in [-0.3, -0.25) is 4.90 Å². The molecule has 1 unspecified atom stereocenters. The molecule has 2 fully saturated rings. The van der Waals surface area contributed by atoms with Crippen LogP contribution in [0.1, 0.15) is 12.8 Å². The van der Waals surface area contributed by atoms with Gasteiger partial charge in [0.25, 0.3) is 0 Å². The summed E-state index contributed by atoms with van der Waals surface area (Å²) in [6, 6.07) is 1.18. The Bertz CT molecular complexity index is 171. The Labute approximate surface area is 78.7 Å². The molecule has 1 aliphatic heterocycles. The molecule has 76 valence electrons. The number of morpholine rings is 1. The Morgan fingerprint density at radius 2 is 2.23 bits per heavy atom. The zero-order valence-corrected chi connectivity index (χ0v) is 7.85. The lowest BCUT2D eigenvalue weighted by molar-refractivity contribution is -0.0649. The molecule has 3 N–H and O–H groups in total. The molecular formula is C9H18N2O2. The Morgan fingerprint density at radius 1 is 1.46 bits per heavy atom. The minimum Gasteiger partial charge on any atom is -0.395 e. The third-order valence-corrected chi connectivity index (χ3v) is 3.10. The van der Waals surface area contributed by atoms with Gasteiger partial charge in [0.2, 0.25) is 0 Å². The molecule has 0 radical (unpaired) electrons. The van der Waals surface area contributed by atoms with Crippen LogP contribution in [0.15, 0.2) is 0 Å². The summed E-state index contributed by atoms with van der Waals surface area (Å²) in [6.45, 7) is 2.61. The number of aliphatic hydroxyl groups excluding tert-OH is 1. The van der Waals surface area contributed by atoms with Crippen molar-refractivity contribution in [2.24, 2.45) is 5.73 Å². The summed E-state index contributed by atoms with van der Waals surface area (Å²) in [5, 5.41) is 9.14. The van der Waals surface area contributed by atoms with Gasteiger partial charge in [-0.05, 0) is 12.8 Å². The van der Waals surface area contributed by atoms with Crippen molar-refractivity contribution in [1.29, 1.82) is 0 Å². The molecule has 4 nitrogen and oxygen atoms in total. The molecule has 1 saturated heterocycles. The Hall–Kier alpha value is -0.160. The van der Waals surface area contributed by atoms with Crippen LogP contribution in [0.4, 0.5) is 0 Å². The summed E-state index contributed by atoms with van der Waals surface area (Å²) in [7, 11) is 0. The van der Waals surface area contributed by atoms with E-state index in [2.05, 4.69) is 4.90 Å². The summed E-state index contributed by atoms with van der Waals surface area (Å²) >= 11 is 0. The zero-order valence-electron chi connectivity index (χ0n) is 7.85. The highest BCUT2D eigenvalue weighted by Gasteiger charge is 2.36. The second kappa shape index (κ2) is 3.92. The molecule has 0 aromatic carbocycles. The number of hydrogen-bond acceptors (Lipinski definition) is 4. The minimum absolute atomic E-state index is 0.200. The molecule has 1 aliphatic carbocycles. The fourth-order valence-corrected chi connectivity index (χ4v) is 2.21. The topological polar surface area (TPSA) is 58.7 Å². The maximum atomic E-state index is 9.14. The quantitative estimate of drug-likeness (QED) is 0.591. The number of aliphatic hydroxyl groups is 1. The summed E-state index contributed by atoms with van der Waals surface area (Å²) < 4.78 is 5.32. The van der Waals surface area contributed by atoms with E-state index >= 15 is 0 Å². The van der Waals surface area contributed by atoms with Crippen LogP contribution >= 0.6 is 0 Å². The molecule has 1 heterocycles. The second-order valence-corrected chi connectivity index (χ2v) is 4.03. The number of ether oxygens (including phenoxy) is 1. The van der Waals surface area contributed by atoms with Crippen molar-refractivity contribution < 1.29 is 9.84 Å². The molecule has 2 aliphatic rings. The predicted octanol–water partition coefficient (Wildman–Crippen LogP) is -0.831. The van der Waals surface area contributed by atoms with Gasteiger partial charge in [0.05, 0.1) is 25.9 Å². The summed E-state index contributed by atoms with van der Waals surface area (Å²) in [4.78, 5) is 2.35. The fraction of sp³-hybridized carbons (Fsp3) is 1.00. The third-order valence-electron chi connectivity index (χ3n) is 3.10. The second-order valence-electron chi connectivity index (χ2n) is 4.03. The molecule has 4 heteroatoms. The van der Waals surface area contributed by atoms with E-state index in [-0.39, 0.29) is 12.6 Å². The van der Waals surface area contributed by atoms with Crippen LogP contribution in [0.25, 0.3) is 0 Å². The molecule has 0 aromatic heterocycles. The molecule has 13 heavy (non-hydrogen) atoms. The van der Waals surface area contributed by atoms with Crippen LogP contribution in [-0.4, -0.2) is 54.5 Å². The zero-order chi connectivity index (χ0) is 9.26. The first-order chi connectivity index (χ1) is 6.31. The van der Waals surface area contributed by atoms with E-state index in [0.29, 0.717) is 18.7 Å². The SMILES string of the molecule is NC1CC(N2CCOCC2CO)C1. The van der Waals surface area contributed by atoms with Gasteiger partial charge in [-0.15, -0.1) is 0 Å². The monoisotopic (exact) mass is 186 g/mol. The normalized spacial score (nSPS) is 41.5. The fourth-order valence-electron chi connectivity index (χ4n) is 2.21. The van der Waals surface area contributed by atoms with E-state index in [0.717, 1.165) is 26.0 Å². The Balaban J connectivity index is 1.87. The maximum Gasteiger partial charge on any atom is 0.0644 e. The molecule has 0 spiro atoms. The van der Waals surface area contributed by atoms with Gasteiger partial charge in [-0.25, -0.2) is 0 Å². The minimum atomic E-state index is 0.200. The van der Waals surface area contributed by atoms with E-state index in [1.807, 2.05) is 0 Å². The van der Waals surface area contributed by atoms with E-state index in [4.69, 9.17) is 15.6 Å². The summed E-state index contributed by atoms with van der Waals surface area (Å²) in [6.07, 6.45) is 2.16. The van der Waals surface area contributed by atoms with Crippen LogP contribution in [0.2, 0.25) is 0 Å². The number of hydrogen-bond donors (Lipinski definition) is 2. The largest absolute Gasteiger partial charge is 0.395 e.